The highest BCUT2D eigenvalue weighted by Crippen LogP contribution is 2.28. The minimum Gasteiger partial charge on any atom is -0.490 e. The topological polar surface area (TPSA) is 88.0 Å². The Morgan fingerprint density at radius 3 is 2.10 bits per heavy atom. The first-order valence-corrected chi connectivity index (χ1v) is 14.1. The number of rotatable bonds is 11. The molecule has 39 heavy (non-hydrogen) atoms. The third kappa shape index (κ3) is 6.96. The molecule has 2 aliphatic rings. The lowest BCUT2D eigenvalue weighted by atomic mass is 10.0. The highest BCUT2D eigenvalue weighted by Gasteiger charge is 2.21. The Labute approximate surface area is 231 Å². The number of para-hydroxylation sites is 1. The average molecular weight is 530 g/mol. The zero-order chi connectivity index (χ0) is 27.0. The number of nitrogens with zero attached hydrogens (tertiary/aromatic N) is 6. The van der Waals surface area contributed by atoms with Crippen molar-refractivity contribution in [2.24, 2.45) is 5.10 Å². The number of anilines is 3. The van der Waals surface area contributed by atoms with Crippen LogP contribution < -0.4 is 24.7 Å². The van der Waals surface area contributed by atoms with Crippen LogP contribution in [0.4, 0.5) is 17.8 Å². The summed E-state index contributed by atoms with van der Waals surface area (Å²) in [5.41, 5.74) is 6.28. The number of hydrogen-bond acceptors (Lipinski definition) is 9. The molecule has 0 saturated carbocycles. The second-order valence-electron chi connectivity index (χ2n) is 10.4. The molecule has 2 fully saturated rings. The molecule has 5 rings (SSSR count). The van der Waals surface area contributed by atoms with Gasteiger partial charge in [-0.3, -0.25) is 0 Å². The van der Waals surface area contributed by atoms with Crippen LogP contribution in [-0.2, 0) is 0 Å². The van der Waals surface area contributed by atoms with Crippen LogP contribution in [0.25, 0.3) is 0 Å². The van der Waals surface area contributed by atoms with Crippen LogP contribution in [0.5, 0.6) is 11.5 Å². The van der Waals surface area contributed by atoms with Crippen molar-refractivity contribution in [3.05, 3.63) is 59.2 Å². The first-order chi connectivity index (χ1) is 19.1. The Bertz CT molecular complexity index is 1230. The maximum absolute atomic E-state index is 6.09. The maximum Gasteiger partial charge on any atom is 0.250 e. The maximum atomic E-state index is 6.09. The molecule has 0 bridgehead atoms. The first kappa shape index (κ1) is 26.7. The van der Waals surface area contributed by atoms with E-state index < -0.39 is 0 Å². The molecule has 0 aliphatic carbocycles. The van der Waals surface area contributed by atoms with Gasteiger partial charge < -0.3 is 19.3 Å². The second kappa shape index (κ2) is 12.8. The highest BCUT2D eigenvalue weighted by molar-refractivity contribution is 5.83. The summed E-state index contributed by atoms with van der Waals surface area (Å²) in [5, 5.41) is 4.45. The van der Waals surface area contributed by atoms with Crippen molar-refractivity contribution in [1.29, 1.82) is 0 Å². The summed E-state index contributed by atoms with van der Waals surface area (Å²) < 4.78 is 12.2. The molecular formula is C30H39N7O2. The van der Waals surface area contributed by atoms with E-state index in [-0.39, 0.29) is 0 Å². The van der Waals surface area contributed by atoms with Gasteiger partial charge in [-0.2, -0.15) is 20.1 Å². The zero-order valence-electron chi connectivity index (χ0n) is 23.3. The minimum absolute atomic E-state index is 0.396. The van der Waals surface area contributed by atoms with E-state index in [2.05, 4.69) is 69.3 Å². The molecule has 2 saturated heterocycles. The van der Waals surface area contributed by atoms with Crippen LogP contribution in [0.2, 0.25) is 0 Å². The molecule has 0 radical (unpaired) electrons. The number of hydrazone groups is 1. The van der Waals surface area contributed by atoms with Gasteiger partial charge in [-0.1, -0.05) is 38.1 Å². The van der Waals surface area contributed by atoms with E-state index in [0.29, 0.717) is 25.1 Å². The fourth-order valence-electron chi connectivity index (χ4n) is 4.95. The smallest absolute Gasteiger partial charge is 0.250 e. The van der Waals surface area contributed by atoms with Gasteiger partial charge in [0.15, 0.2) is 0 Å². The van der Waals surface area contributed by atoms with Gasteiger partial charge in [0.25, 0.3) is 0 Å². The van der Waals surface area contributed by atoms with Crippen LogP contribution in [0, 0.1) is 6.92 Å². The van der Waals surface area contributed by atoms with Crippen molar-refractivity contribution < 1.29 is 9.47 Å². The van der Waals surface area contributed by atoms with Crippen molar-refractivity contribution >= 4 is 24.1 Å². The fourth-order valence-corrected chi connectivity index (χ4v) is 4.95. The van der Waals surface area contributed by atoms with Crippen LogP contribution in [0.1, 0.15) is 62.1 Å². The first-order valence-electron chi connectivity index (χ1n) is 14.1. The second-order valence-corrected chi connectivity index (χ2v) is 10.4. The molecule has 2 aliphatic heterocycles. The number of hydrogen-bond donors (Lipinski definition) is 1. The lowest BCUT2D eigenvalue weighted by Gasteiger charge is -2.20. The van der Waals surface area contributed by atoms with E-state index in [4.69, 9.17) is 14.5 Å². The Hall–Kier alpha value is -3.88. The molecule has 0 unspecified atom stereocenters. The van der Waals surface area contributed by atoms with Crippen molar-refractivity contribution in [2.45, 2.75) is 52.4 Å². The third-order valence-electron chi connectivity index (χ3n) is 7.07. The Kier molecular flexibility index (Phi) is 8.75. The average Bonchev–Trinajstić information content (AvgIpc) is 3.67. The molecule has 0 amide bonds. The molecule has 1 N–H and O–H groups in total. The predicted octanol–water partition coefficient (Wildman–Crippen LogP) is 5.41. The molecule has 2 aromatic carbocycles. The van der Waals surface area contributed by atoms with Crippen LogP contribution in [0.3, 0.4) is 0 Å². The van der Waals surface area contributed by atoms with E-state index in [1.165, 1.54) is 11.1 Å². The van der Waals surface area contributed by atoms with E-state index >= 15 is 0 Å². The number of ether oxygens (including phenoxy) is 2. The summed E-state index contributed by atoms with van der Waals surface area (Å²) in [7, 11) is 0. The van der Waals surface area contributed by atoms with Gasteiger partial charge >= 0.3 is 0 Å². The summed E-state index contributed by atoms with van der Waals surface area (Å²) in [6, 6.07) is 14.2. The van der Waals surface area contributed by atoms with Gasteiger partial charge in [0.1, 0.15) is 24.7 Å². The van der Waals surface area contributed by atoms with E-state index in [1.807, 2.05) is 24.3 Å². The van der Waals surface area contributed by atoms with E-state index in [9.17, 15) is 0 Å². The normalized spacial score (nSPS) is 15.5. The third-order valence-corrected chi connectivity index (χ3v) is 7.07. The van der Waals surface area contributed by atoms with Crippen molar-refractivity contribution in [3.8, 4) is 11.5 Å². The molecule has 9 nitrogen and oxygen atoms in total. The molecule has 3 aromatic rings. The molecule has 0 atom stereocenters. The minimum atomic E-state index is 0.396. The lowest BCUT2D eigenvalue weighted by molar-refractivity contribution is 0.215. The SMILES string of the molecule is Cc1ccc(C(C)C)c(OCCOc2ccccc2C=NNc2nc(N3CCCC3)nc(N3CCCC3)n2)c1. The quantitative estimate of drug-likeness (QED) is 0.200. The molecule has 0 spiro atoms. The summed E-state index contributed by atoms with van der Waals surface area (Å²) in [6.45, 7) is 11.2. The van der Waals surface area contributed by atoms with Crippen LogP contribution in [-0.4, -0.2) is 60.6 Å². The van der Waals surface area contributed by atoms with E-state index in [1.54, 1.807) is 6.21 Å². The van der Waals surface area contributed by atoms with Crippen LogP contribution >= 0.6 is 0 Å². The predicted molar refractivity (Wildman–Crippen MR) is 157 cm³/mol. The standard InChI is InChI=1S/C30H39N7O2/c1-22(2)25-13-12-23(3)20-27(25)39-19-18-38-26-11-5-4-10-24(26)21-31-35-28-32-29(36-14-6-7-15-36)34-30(33-28)37-16-8-9-17-37/h4-5,10-13,20-22H,6-9,14-19H2,1-3H3,(H,32,33,34,35). The summed E-state index contributed by atoms with van der Waals surface area (Å²) in [6.07, 6.45) is 6.39. The molecule has 3 heterocycles. The lowest BCUT2D eigenvalue weighted by Crippen LogP contribution is -2.25. The Morgan fingerprint density at radius 2 is 1.46 bits per heavy atom. The Morgan fingerprint density at radius 1 is 0.846 bits per heavy atom. The number of aromatic nitrogens is 3. The van der Waals surface area contributed by atoms with Gasteiger partial charge in [-0.05, 0) is 67.9 Å². The molecule has 206 valence electrons. The summed E-state index contributed by atoms with van der Waals surface area (Å²) in [4.78, 5) is 18.5. The Balaban J connectivity index is 1.22. The van der Waals surface area contributed by atoms with Crippen molar-refractivity contribution in [1.82, 2.24) is 15.0 Å². The van der Waals surface area contributed by atoms with Gasteiger partial charge in [-0.25, -0.2) is 5.43 Å². The van der Waals surface area contributed by atoms with Crippen molar-refractivity contribution in [3.63, 3.8) is 0 Å². The van der Waals surface area contributed by atoms with Crippen molar-refractivity contribution in [2.75, 3.05) is 54.6 Å². The van der Waals surface area contributed by atoms with Gasteiger partial charge in [0, 0.05) is 31.7 Å². The number of benzene rings is 2. The summed E-state index contributed by atoms with van der Waals surface area (Å²) >= 11 is 0. The van der Waals surface area contributed by atoms with Crippen LogP contribution in [0.15, 0.2) is 47.6 Å². The van der Waals surface area contributed by atoms with Gasteiger partial charge in [0.05, 0.1) is 6.21 Å². The largest absolute Gasteiger partial charge is 0.490 e. The molecular weight excluding hydrogens is 490 g/mol. The molecule has 1 aromatic heterocycles. The fraction of sp³-hybridized carbons (Fsp3) is 0.467. The zero-order valence-corrected chi connectivity index (χ0v) is 23.3. The van der Waals surface area contributed by atoms with Gasteiger partial charge in [0.2, 0.25) is 17.8 Å². The number of aryl methyl sites for hydroxylation is 1. The number of nitrogens with one attached hydrogen (secondary N) is 1. The van der Waals surface area contributed by atoms with E-state index in [0.717, 1.165) is 80.8 Å². The monoisotopic (exact) mass is 529 g/mol. The van der Waals surface area contributed by atoms with Gasteiger partial charge in [-0.15, -0.1) is 0 Å². The summed E-state index contributed by atoms with van der Waals surface area (Å²) in [5.74, 6) is 3.96. The molecule has 9 heteroatoms. The highest BCUT2D eigenvalue weighted by atomic mass is 16.5.